The first kappa shape index (κ1) is 12.9. The van der Waals surface area contributed by atoms with Gasteiger partial charge in [0.2, 0.25) is 0 Å². The third-order valence-electron chi connectivity index (χ3n) is 3.21. The maximum absolute atomic E-state index is 6.08. The normalized spacial score (nSPS) is 12.5. The van der Waals surface area contributed by atoms with Gasteiger partial charge in [0.1, 0.15) is 5.82 Å². The second-order valence-electron chi connectivity index (χ2n) is 4.46. The second-order valence-corrected chi connectivity index (χ2v) is 4.82. The average Bonchev–Trinajstić information content (AvgIpc) is 3.01. The van der Waals surface area contributed by atoms with Gasteiger partial charge in [0.25, 0.3) is 0 Å². The zero-order valence-corrected chi connectivity index (χ0v) is 11.7. The van der Waals surface area contributed by atoms with Crippen LogP contribution in [0.1, 0.15) is 25.2 Å². The van der Waals surface area contributed by atoms with Crippen molar-refractivity contribution in [3.05, 3.63) is 47.6 Å². The molecular formula is C14H14ClN5. The van der Waals surface area contributed by atoms with Crippen LogP contribution in [-0.2, 0) is 0 Å². The van der Waals surface area contributed by atoms with Gasteiger partial charge in [-0.15, -0.1) is 10.2 Å². The van der Waals surface area contributed by atoms with Gasteiger partial charge in [-0.05, 0) is 6.42 Å². The summed E-state index contributed by atoms with van der Waals surface area (Å²) < 4.78 is 0. The Morgan fingerprint density at radius 1 is 1.25 bits per heavy atom. The summed E-state index contributed by atoms with van der Waals surface area (Å²) in [5.74, 6) is 1.60. The molecule has 0 saturated heterocycles. The third kappa shape index (κ3) is 2.32. The van der Waals surface area contributed by atoms with E-state index in [-0.39, 0.29) is 6.04 Å². The molecule has 0 aliphatic heterocycles. The van der Waals surface area contributed by atoms with Crippen molar-refractivity contribution >= 4 is 28.2 Å². The molecule has 1 unspecified atom stereocenters. The number of anilines is 1. The third-order valence-corrected chi connectivity index (χ3v) is 3.49. The molecule has 0 aliphatic carbocycles. The van der Waals surface area contributed by atoms with E-state index in [1.807, 2.05) is 30.5 Å². The Balaban J connectivity index is 2.00. The predicted molar refractivity (Wildman–Crippen MR) is 79.8 cm³/mol. The molecular weight excluding hydrogens is 274 g/mol. The Morgan fingerprint density at radius 2 is 2.05 bits per heavy atom. The van der Waals surface area contributed by atoms with E-state index in [9.17, 15) is 0 Å². The van der Waals surface area contributed by atoms with Gasteiger partial charge in [-0.25, -0.2) is 4.98 Å². The number of halogens is 1. The van der Waals surface area contributed by atoms with Crippen molar-refractivity contribution in [2.75, 3.05) is 5.32 Å². The fraction of sp³-hybridized carbons (Fsp3) is 0.214. The Morgan fingerprint density at radius 3 is 2.75 bits per heavy atom. The summed E-state index contributed by atoms with van der Waals surface area (Å²) in [4.78, 5) is 7.41. The van der Waals surface area contributed by atoms with Crippen LogP contribution in [-0.4, -0.2) is 20.2 Å². The molecule has 0 bridgehead atoms. The number of imidazole rings is 1. The molecule has 0 aliphatic rings. The molecule has 2 heterocycles. The van der Waals surface area contributed by atoms with Crippen molar-refractivity contribution in [3.63, 3.8) is 0 Å². The van der Waals surface area contributed by atoms with Gasteiger partial charge in [0.15, 0.2) is 11.0 Å². The number of H-pyrrole nitrogens is 1. The summed E-state index contributed by atoms with van der Waals surface area (Å²) in [5.41, 5.74) is 0. The zero-order valence-electron chi connectivity index (χ0n) is 11.0. The van der Waals surface area contributed by atoms with Gasteiger partial charge < -0.3 is 10.3 Å². The number of rotatable bonds is 4. The number of nitrogens with zero attached hydrogens (tertiary/aromatic N) is 3. The van der Waals surface area contributed by atoms with Gasteiger partial charge in [0, 0.05) is 23.2 Å². The fourth-order valence-corrected chi connectivity index (χ4v) is 2.38. The van der Waals surface area contributed by atoms with Crippen LogP contribution in [0, 0.1) is 0 Å². The Labute approximate surface area is 121 Å². The van der Waals surface area contributed by atoms with Gasteiger partial charge in [0.05, 0.1) is 6.04 Å². The van der Waals surface area contributed by atoms with Gasteiger partial charge in [-0.2, -0.15) is 0 Å². The van der Waals surface area contributed by atoms with Gasteiger partial charge in [-0.3, -0.25) is 0 Å². The molecule has 102 valence electrons. The number of hydrogen-bond donors (Lipinski definition) is 2. The molecule has 6 heteroatoms. The van der Waals surface area contributed by atoms with E-state index in [2.05, 4.69) is 32.4 Å². The number of nitrogens with one attached hydrogen (secondary N) is 2. The minimum absolute atomic E-state index is 0.0591. The van der Waals surface area contributed by atoms with Crippen molar-refractivity contribution in [1.82, 2.24) is 20.2 Å². The van der Waals surface area contributed by atoms with Crippen molar-refractivity contribution in [2.24, 2.45) is 0 Å². The summed E-state index contributed by atoms with van der Waals surface area (Å²) in [6.45, 7) is 2.09. The lowest BCUT2D eigenvalue weighted by Gasteiger charge is -2.16. The van der Waals surface area contributed by atoms with E-state index in [4.69, 9.17) is 11.6 Å². The van der Waals surface area contributed by atoms with Crippen molar-refractivity contribution < 1.29 is 0 Å². The monoisotopic (exact) mass is 287 g/mol. The minimum atomic E-state index is 0.0591. The molecule has 1 atom stereocenters. The van der Waals surface area contributed by atoms with Crippen LogP contribution in [0.5, 0.6) is 0 Å². The molecule has 0 fully saturated rings. The van der Waals surface area contributed by atoms with E-state index in [1.165, 1.54) is 0 Å². The molecule has 0 radical (unpaired) electrons. The number of fused-ring (bicyclic) bond motifs is 1. The fourth-order valence-electron chi connectivity index (χ4n) is 2.17. The quantitative estimate of drug-likeness (QED) is 0.770. The van der Waals surface area contributed by atoms with Crippen LogP contribution in [0.2, 0.25) is 5.15 Å². The highest BCUT2D eigenvalue weighted by Crippen LogP contribution is 2.28. The Hall–Kier alpha value is -2.14. The summed E-state index contributed by atoms with van der Waals surface area (Å²) in [6.07, 6.45) is 4.43. The van der Waals surface area contributed by atoms with E-state index in [1.54, 1.807) is 6.20 Å². The van der Waals surface area contributed by atoms with E-state index in [0.717, 1.165) is 23.0 Å². The lowest BCUT2D eigenvalue weighted by Crippen LogP contribution is -2.13. The molecule has 5 nitrogen and oxygen atoms in total. The van der Waals surface area contributed by atoms with Crippen LogP contribution >= 0.6 is 11.6 Å². The van der Waals surface area contributed by atoms with Crippen molar-refractivity contribution in [3.8, 4) is 0 Å². The lowest BCUT2D eigenvalue weighted by molar-refractivity contribution is 0.699. The maximum atomic E-state index is 6.08. The standard InChI is InChI=1S/C14H14ClN5/c1-2-11(14-16-7-8-17-14)18-13-10-6-4-3-5-9(10)12(15)19-20-13/h3-8,11H,2H2,1H3,(H,16,17)(H,18,20). The van der Waals surface area contributed by atoms with E-state index >= 15 is 0 Å². The smallest absolute Gasteiger partial charge is 0.159 e. The van der Waals surface area contributed by atoms with Crippen LogP contribution < -0.4 is 5.32 Å². The molecule has 20 heavy (non-hydrogen) atoms. The first-order valence-electron chi connectivity index (χ1n) is 6.46. The molecule has 0 spiro atoms. The molecule has 0 amide bonds. The highest BCUT2D eigenvalue weighted by Gasteiger charge is 2.15. The van der Waals surface area contributed by atoms with E-state index < -0.39 is 0 Å². The first-order valence-corrected chi connectivity index (χ1v) is 6.84. The van der Waals surface area contributed by atoms with Crippen LogP contribution in [0.3, 0.4) is 0 Å². The summed E-state index contributed by atoms with van der Waals surface area (Å²) in [6, 6.07) is 7.87. The number of aromatic nitrogens is 4. The highest BCUT2D eigenvalue weighted by atomic mass is 35.5. The molecule has 2 aromatic heterocycles. The van der Waals surface area contributed by atoms with Gasteiger partial charge in [-0.1, -0.05) is 42.8 Å². The maximum Gasteiger partial charge on any atom is 0.159 e. The highest BCUT2D eigenvalue weighted by molar-refractivity contribution is 6.34. The number of benzene rings is 1. The van der Waals surface area contributed by atoms with E-state index in [0.29, 0.717) is 11.0 Å². The topological polar surface area (TPSA) is 66.5 Å². The summed E-state index contributed by atoms with van der Waals surface area (Å²) in [5, 5.41) is 13.8. The van der Waals surface area contributed by atoms with Crippen molar-refractivity contribution in [2.45, 2.75) is 19.4 Å². The average molecular weight is 288 g/mol. The van der Waals surface area contributed by atoms with Crippen LogP contribution in [0.15, 0.2) is 36.7 Å². The lowest BCUT2D eigenvalue weighted by atomic mass is 10.1. The molecule has 1 aromatic carbocycles. The predicted octanol–water partition coefficient (Wildman–Crippen LogP) is 3.57. The van der Waals surface area contributed by atoms with Crippen LogP contribution in [0.4, 0.5) is 5.82 Å². The minimum Gasteiger partial charge on any atom is -0.358 e. The Bertz CT molecular complexity index is 711. The van der Waals surface area contributed by atoms with Crippen molar-refractivity contribution in [1.29, 1.82) is 0 Å². The first-order chi connectivity index (χ1) is 9.79. The van der Waals surface area contributed by atoms with Gasteiger partial charge >= 0.3 is 0 Å². The molecule has 2 N–H and O–H groups in total. The number of aromatic amines is 1. The number of hydrogen-bond acceptors (Lipinski definition) is 4. The zero-order chi connectivity index (χ0) is 13.9. The largest absolute Gasteiger partial charge is 0.358 e. The SMILES string of the molecule is CCC(Nc1nnc(Cl)c2ccccc12)c1ncc[nH]1. The summed E-state index contributed by atoms with van der Waals surface area (Å²) >= 11 is 6.08. The summed E-state index contributed by atoms with van der Waals surface area (Å²) in [7, 11) is 0. The Kier molecular flexibility index (Phi) is 3.52. The molecule has 0 saturated carbocycles. The molecule has 3 aromatic rings. The second kappa shape index (κ2) is 5.46. The van der Waals surface area contributed by atoms with Crippen LogP contribution in [0.25, 0.3) is 10.8 Å². The molecule has 3 rings (SSSR count).